The van der Waals surface area contributed by atoms with Crippen molar-refractivity contribution in [2.45, 2.75) is 44.2 Å². The number of nitrogens with one attached hydrogen (secondary N) is 1. The van der Waals surface area contributed by atoms with E-state index in [1.807, 2.05) is 30.4 Å². The fraction of sp³-hybridized carbons (Fsp3) is 0.769. The Kier molecular flexibility index (Phi) is 6.18. The van der Waals surface area contributed by atoms with Crippen molar-refractivity contribution >= 4 is 11.8 Å². The van der Waals surface area contributed by atoms with Gasteiger partial charge >= 0.3 is 0 Å². The average molecular weight is 271 g/mol. The van der Waals surface area contributed by atoms with Gasteiger partial charge in [0.2, 0.25) is 0 Å². The van der Waals surface area contributed by atoms with Gasteiger partial charge in [0.25, 0.3) is 0 Å². The molecule has 1 heterocycles. The summed E-state index contributed by atoms with van der Waals surface area (Å²) in [5, 5.41) is 18.3. The molecule has 0 aliphatic rings. The van der Waals surface area contributed by atoms with Crippen molar-refractivity contribution in [2.24, 2.45) is 7.05 Å². The fourth-order valence-electron chi connectivity index (χ4n) is 2.01. The molecule has 0 spiro atoms. The fourth-order valence-corrected chi connectivity index (χ4v) is 2.99. The number of rotatable bonds is 8. The van der Waals surface area contributed by atoms with Gasteiger partial charge in [-0.1, -0.05) is 6.92 Å². The van der Waals surface area contributed by atoms with E-state index in [9.17, 15) is 5.11 Å². The largest absolute Gasteiger partial charge is 0.394 e. The smallest absolute Gasteiger partial charge is 0.0939 e. The zero-order valence-corrected chi connectivity index (χ0v) is 12.7. The first-order valence-electron chi connectivity index (χ1n) is 6.50. The van der Waals surface area contributed by atoms with Crippen LogP contribution < -0.4 is 5.32 Å². The monoisotopic (exact) mass is 271 g/mol. The Morgan fingerprint density at radius 2 is 2.28 bits per heavy atom. The quantitative estimate of drug-likeness (QED) is 0.560. The van der Waals surface area contributed by atoms with Crippen LogP contribution in [0.5, 0.6) is 0 Å². The zero-order chi connectivity index (χ0) is 13.6. The number of hydrogen-bond donors (Lipinski definition) is 2. The lowest BCUT2D eigenvalue weighted by atomic mass is 9.97. The van der Waals surface area contributed by atoms with Crippen molar-refractivity contribution in [3.63, 3.8) is 0 Å². The molecule has 1 rings (SSSR count). The molecule has 0 fully saturated rings. The Labute approximate surface area is 114 Å². The molecule has 0 saturated heterocycles. The number of likely N-dealkylation sites (N-methyl/N-ethyl adjacent to an activating group) is 1. The van der Waals surface area contributed by atoms with Crippen LogP contribution in [0, 0.1) is 6.92 Å². The van der Waals surface area contributed by atoms with Gasteiger partial charge in [-0.2, -0.15) is 5.10 Å². The maximum absolute atomic E-state index is 9.40. The molecule has 104 valence electrons. The lowest BCUT2D eigenvalue weighted by Gasteiger charge is -2.28. The Morgan fingerprint density at radius 1 is 1.56 bits per heavy atom. The van der Waals surface area contributed by atoms with Gasteiger partial charge in [0.1, 0.15) is 0 Å². The SMILES string of the molecule is CCNC(C)(CO)CCCSc1cc(C)nn1C. The molecule has 4 nitrogen and oxygen atoms in total. The van der Waals surface area contributed by atoms with E-state index in [1.165, 1.54) is 5.03 Å². The lowest BCUT2D eigenvalue weighted by Crippen LogP contribution is -2.45. The molecule has 0 radical (unpaired) electrons. The van der Waals surface area contributed by atoms with Crippen LogP contribution in [0.2, 0.25) is 0 Å². The van der Waals surface area contributed by atoms with Crippen molar-refractivity contribution in [1.29, 1.82) is 0 Å². The van der Waals surface area contributed by atoms with Crippen LogP contribution in [0.3, 0.4) is 0 Å². The summed E-state index contributed by atoms with van der Waals surface area (Å²) in [6.45, 7) is 7.25. The Bertz CT molecular complexity index is 367. The van der Waals surface area contributed by atoms with E-state index in [0.29, 0.717) is 0 Å². The molecule has 1 aromatic heterocycles. The van der Waals surface area contributed by atoms with Gasteiger partial charge in [0.15, 0.2) is 0 Å². The third-order valence-electron chi connectivity index (χ3n) is 3.03. The second kappa shape index (κ2) is 7.16. The second-order valence-corrected chi connectivity index (χ2v) is 6.06. The number of aryl methyl sites for hydroxylation is 2. The van der Waals surface area contributed by atoms with Crippen LogP contribution in [0.15, 0.2) is 11.1 Å². The number of aliphatic hydroxyl groups excluding tert-OH is 1. The van der Waals surface area contributed by atoms with Crippen molar-refractivity contribution in [3.8, 4) is 0 Å². The highest BCUT2D eigenvalue weighted by Gasteiger charge is 2.20. The highest BCUT2D eigenvalue weighted by molar-refractivity contribution is 7.99. The molecule has 0 aromatic carbocycles. The van der Waals surface area contributed by atoms with E-state index in [1.54, 1.807) is 0 Å². The van der Waals surface area contributed by atoms with Gasteiger partial charge in [0, 0.05) is 12.6 Å². The second-order valence-electron chi connectivity index (χ2n) is 4.95. The maximum Gasteiger partial charge on any atom is 0.0939 e. The Morgan fingerprint density at radius 3 is 2.78 bits per heavy atom. The molecule has 0 bridgehead atoms. The van der Waals surface area contributed by atoms with Crippen molar-refractivity contribution in [1.82, 2.24) is 15.1 Å². The van der Waals surface area contributed by atoms with E-state index in [-0.39, 0.29) is 12.1 Å². The van der Waals surface area contributed by atoms with Crippen LogP contribution >= 0.6 is 11.8 Å². The molecular weight excluding hydrogens is 246 g/mol. The molecular formula is C13H25N3OS. The van der Waals surface area contributed by atoms with Crippen molar-refractivity contribution < 1.29 is 5.11 Å². The van der Waals surface area contributed by atoms with Gasteiger partial charge in [-0.3, -0.25) is 4.68 Å². The molecule has 18 heavy (non-hydrogen) atoms. The van der Waals surface area contributed by atoms with E-state index in [4.69, 9.17) is 0 Å². The molecule has 2 N–H and O–H groups in total. The van der Waals surface area contributed by atoms with Gasteiger partial charge in [0.05, 0.1) is 17.3 Å². The highest BCUT2D eigenvalue weighted by atomic mass is 32.2. The summed E-state index contributed by atoms with van der Waals surface area (Å²) in [5.41, 5.74) is 0.922. The minimum Gasteiger partial charge on any atom is -0.394 e. The molecule has 1 unspecified atom stereocenters. The first-order valence-corrected chi connectivity index (χ1v) is 7.48. The van der Waals surface area contributed by atoms with Gasteiger partial charge < -0.3 is 10.4 Å². The summed E-state index contributed by atoms with van der Waals surface area (Å²) >= 11 is 1.83. The number of aromatic nitrogens is 2. The summed E-state index contributed by atoms with van der Waals surface area (Å²) in [6.07, 6.45) is 2.07. The third kappa shape index (κ3) is 4.63. The zero-order valence-electron chi connectivity index (χ0n) is 11.9. The highest BCUT2D eigenvalue weighted by Crippen LogP contribution is 2.21. The lowest BCUT2D eigenvalue weighted by molar-refractivity contribution is 0.167. The van der Waals surface area contributed by atoms with Crippen LogP contribution in [0.4, 0.5) is 0 Å². The van der Waals surface area contributed by atoms with Gasteiger partial charge in [-0.25, -0.2) is 0 Å². The van der Waals surface area contributed by atoms with Gasteiger partial charge in [-0.05, 0) is 45.1 Å². The first kappa shape index (κ1) is 15.5. The van der Waals surface area contributed by atoms with Crippen LogP contribution in [0.25, 0.3) is 0 Å². The van der Waals surface area contributed by atoms with E-state index in [0.717, 1.165) is 30.8 Å². The average Bonchev–Trinajstić information content (AvgIpc) is 2.64. The minimum absolute atomic E-state index is 0.141. The molecule has 0 saturated carbocycles. The van der Waals surface area contributed by atoms with E-state index >= 15 is 0 Å². The number of nitrogens with zero attached hydrogens (tertiary/aromatic N) is 2. The number of aliphatic hydroxyl groups is 1. The molecule has 0 aliphatic heterocycles. The minimum atomic E-state index is -0.141. The molecule has 0 aliphatic carbocycles. The topological polar surface area (TPSA) is 50.1 Å². The predicted molar refractivity (Wildman–Crippen MR) is 77.1 cm³/mol. The summed E-state index contributed by atoms with van der Waals surface area (Å²) in [4.78, 5) is 0. The molecule has 1 aromatic rings. The Hall–Kier alpha value is -0.520. The summed E-state index contributed by atoms with van der Waals surface area (Å²) in [7, 11) is 1.98. The number of thioether (sulfide) groups is 1. The number of hydrogen-bond acceptors (Lipinski definition) is 4. The van der Waals surface area contributed by atoms with E-state index < -0.39 is 0 Å². The van der Waals surface area contributed by atoms with Crippen molar-refractivity contribution in [3.05, 3.63) is 11.8 Å². The third-order valence-corrected chi connectivity index (χ3v) is 4.21. The van der Waals surface area contributed by atoms with Crippen LogP contribution in [-0.4, -0.2) is 39.3 Å². The van der Waals surface area contributed by atoms with E-state index in [2.05, 4.69) is 30.3 Å². The molecule has 0 amide bonds. The Balaban J connectivity index is 2.32. The van der Waals surface area contributed by atoms with Crippen LogP contribution in [0.1, 0.15) is 32.4 Å². The van der Waals surface area contributed by atoms with Crippen LogP contribution in [-0.2, 0) is 7.05 Å². The van der Waals surface area contributed by atoms with Gasteiger partial charge in [-0.15, -0.1) is 11.8 Å². The predicted octanol–water partition coefficient (Wildman–Crippen LogP) is 1.96. The molecule has 5 heteroatoms. The summed E-state index contributed by atoms with van der Waals surface area (Å²) in [6, 6.07) is 2.11. The normalized spacial score (nSPS) is 14.7. The summed E-state index contributed by atoms with van der Waals surface area (Å²) < 4.78 is 1.93. The van der Waals surface area contributed by atoms with Crippen molar-refractivity contribution in [2.75, 3.05) is 18.9 Å². The standard InChI is InChI=1S/C13H25N3OS/c1-5-14-13(3,10-17)7-6-8-18-12-9-11(2)15-16(12)4/h9,14,17H,5-8,10H2,1-4H3. The first-order chi connectivity index (χ1) is 8.50. The maximum atomic E-state index is 9.40. The summed E-state index contributed by atoms with van der Waals surface area (Å²) in [5.74, 6) is 1.06. The molecule has 1 atom stereocenters.